The zero-order valence-corrected chi connectivity index (χ0v) is 15.5. The van der Waals surface area contributed by atoms with Crippen molar-refractivity contribution < 1.29 is 9.53 Å². The number of aryl methyl sites for hydroxylation is 1. The lowest BCUT2D eigenvalue weighted by molar-refractivity contribution is 0.0319. The molecule has 7 nitrogen and oxygen atoms in total. The number of aromatic nitrogens is 2. The van der Waals surface area contributed by atoms with Crippen LogP contribution in [-0.2, 0) is 18.2 Å². The third kappa shape index (κ3) is 5.44. The molecule has 0 saturated carbocycles. The number of nitrogens with one attached hydrogen (secondary N) is 1. The zero-order chi connectivity index (χ0) is 17.6. The van der Waals surface area contributed by atoms with E-state index in [9.17, 15) is 4.79 Å². The van der Waals surface area contributed by atoms with Crippen LogP contribution in [0.2, 0.25) is 0 Å². The van der Waals surface area contributed by atoms with Gasteiger partial charge in [-0.2, -0.15) is 5.10 Å². The van der Waals surface area contributed by atoms with Crippen molar-refractivity contribution in [3.05, 3.63) is 18.0 Å². The van der Waals surface area contributed by atoms with Crippen LogP contribution in [0.25, 0.3) is 0 Å². The van der Waals surface area contributed by atoms with Gasteiger partial charge in [-0.15, -0.1) is 0 Å². The highest BCUT2D eigenvalue weighted by molar-refractivity contribution is 5.74. The lowest BCUT2D eigenvalue weighted by Crippen LogP contribution is -2.44. The summed E-state index contributed by atoms with van der Waals surface area (Å²) >= 11 is 0. The first-order chi connectivity index (χ1) is 12.1. The molecule has 0 aliphatic carbocycles. The van der Waals surface area contributed by atoms with Crippen molar-refractivity contribution >= 4 is 6.03 Å². The van der Waals surface area contributed by atoms with Gasteiger partial charge in [0.25, 0.3) is 0 Å². The summed E-state index contributed by atoms with van der Waals surface area (Å²) in [6.45, 7) is 9.31. The molecule has 25 heavy (non-hydrogen) atoms. The molecule has 2 saturated heterocycles. The number of likely N-dealkylation sites (tertiary alicyclic amines) is 1. The van der Waals surface area contributed by atoms with Crippen molar-refractivity contribution in [1.29, 1.82) is 0 Å². The predicted octanol–water partition coefficient (Wildman–Crippen LogP) is 0.962. The third-order valence-corrected chi connectivity index (χ3v) is 5.13. The number of morpholine rings is 1. The highest BCUT2D eigenvalue weighted by Crippen LogP contribution is 2.20. The molecule has 3 heterocycles. The molecule has 1 N–H and O–H groups in total. The van der Waals surface area contributed by atoms with Crippen LogP contribution in [0.3, 0.4) is 0 Å². The van der Waals surface area contributed by atoms with E-state index in [2.05, 4.69) is 28.4 Å². The number of hydrogen-bond donors (Lipinski definition) is 1. The van der Waals surface area contributed by atoms with Crippen molar-refractivity contribution in [2.75, 3.05) is 52.5 Å². The second kappa shape index (κ2) is 8.67. The maximum Gasteiger partial charge on any atom is 0.317 e. The van der Waals surface area contributed by atoms with Crippen LogP contribution in [0.5, 0.6) is 0 Å². The summed E-state index contributed by atoms with van der Waals surface area (Å²) in [5, 5.41) is 7.34. The molecule has 140 valence electrons. The Morgan fingerprint density at radius 2 is 2.20 bits per heavy atom. The molecular formula is C18H31N5O2. The van der Waals surface area contributed by atoms with E-state index in [0.29, 0.717) is 11.8 Å². The third-order valence-electron chi connectivity index (χ3n) is 5.13. The van der Waals surface area contributed by atoms with E-state index in [4.69, 9.17) is 4.74 Å². The Hall–Kier alpha value is -1.60. The average Bonchev–Trinajstić information content (AvgIpc) is 3.23. The van der Waals surface area contributed by atoms with Crippen LogP contribution >= 0.6 is 0 Å². The van der Waals surface area contributed by atoms with E-state index in [1.807, 2.05) is 22.8 Å². The summed E-state index contributed by atoms with van der Waals surface area (Å²) in [4.78, 5) is 16.8. The van der Waals surface area contributed by atoms with Gasteiger partial charge in [0.05, 0.1) is 19.4 Å². The summed E-state index contributed by atoms with van der Waals surface area (Å²) < 4.78 is 7.22. The molecule has 7 heteroatoms. The Labute approximate surface area is 150 Å². The molecule has 3 rings (SSSR count). The van der Waals surface area contributed by atoms with Crippen LogP contribution in [0.1, 0.15) is 18.9 Å². The molecule has 0 aromatic carbocycles. The predicted molar refractivity (Wildman–Crippen MR) is 96.4 cm³/mol. The molecule has 1 aromatic heterocycles. The van der Waals surface area contributed by atoms with Crippen molar-refractivity contribution in [1.82, 2.24) is 24.9 Å². The molecule has 2 atom stereocenters. The van der Waals surface area contributed by atoms with Crippen LogP contribution < -0.4 is 5.32 Å². The van der Waals surface area contributed by atoms with E-state index < -0.39 is 0 Å². The van der Waals surface area contributed by atoms with Crippen LogP contribution in [0.4, 0.5) is 4.79 Å². The number of amides is 2. The summed E-state index contributed by atoms with van der Waals surface area (Å²) in [5.41, 5.74) is 1.26. The molecular weight excluding hydrogens is 318 g/mol. The highest BCUT2D eigenvalue weighted by atomic mass is 16.5. The van der Waals surface area contributed by atoms with Gasteiger partial charge in [-0.3, -0.25) is 9.58 Å². The molecule has 2 aliphatic heterocycles. The van der Waals surface area contributed by atoms with E-state index in [1.54, 1.807) is 0 Å². The monoisotopic (exact) mass is 349 g/mol. The number of nitrogens with zero attached hydrogens (tertiary/aromatic N) is 4. The summed E-state index contributed by atoms with van der Waals surface area (Å²) in [6, 6.07) is 0.0857. The van der Waals surface area contributed by atoms with Gasteiger partial charge in [0.2, 0.25) is 0 Å². The van der Waals surface area contributed by atoms with Crippen LogP contribution in [-0.4, -0.2) is 78.1 Å². The van der Waals surface area contributed by atoms with Crippen LogP contribution in [0.15, 0.2) is 12.4 Å². The SMILES string of the molecule is C[C@H](CNC(=O)N1CC[C@@H](Cc2cnn(C)c2)C1)CN1CCOCC1. The number of carbonyl (C=O) groups is 1. The number of urea groups is 1. The quantitative estimate of drug-likeness (QED) is 0.831. The molecule has 1 aromatic rings. The van der Waals surface area contributed by atoms with E-state index in [0.717, 1.165) is 65.3 Å². The first-order valence-corrected chi connectivity index (χ1v) is 9.40. The van der Waals surface area contributed by atoms with Gasteiger partial charge < -0.3 is 15.0 Å². The minimum atomic E-state index is 0.0857. The summed E-state index contributed by atoms with van der Waals surface area (Å²) in [7, 11) is 1.94. The zero-order valence-electron chi connectivity index (χ0n) is 15.5. The minimum absolute atomic E-state index is 0.0857. The Kier molecular flexibility index (Phi) is 6.31. The first-order valence-electron chi connectivity index (χ1n) is 9.40. The van der Waals surface area contributed by atoms with Crippen molar-refractivity contribution in [2.45, 2.75) is 19.8 Å². The minimum Gasteiger partial charge on any atom is -0.379 e. The van der Waals surface area contributed by atoms with Gasteiger partial charge in [0.1, 0.15) is 0 Å². The lowest BCUT2D eigenvalue weighted by atomic mass is 10.0. The van der Waals surface area contributed by atoms with Crippen molar-refractivity contribution in [3.63, 3.8) is 0 Å². The number of carbonyl (C=O) groups excluding carboxylic acids is 1. The fourth-order valence-electron chi connectivity index (χ4n) is 3.76. The second-order valence-corrected chi connectivity index (χ2v) is 7.53. The lowest BCUT2D eigenvalue weighted by Gasteiger charge is -2.29. The number of hydrogen-bond acceptors (Lipinski definition) is 4. The van der Waals surface area contributed by atoms with Crippen LogP contribution in [0, 0.1) is 11.8 Å². The molecule has 2 fully saturated rings. The van der Waals surface area contributed by atoms with Gasteiger partial charge in [-0.1, -0.05) is 6.92 Å². The van der Waals surface area contributed by atoms with Crippen molar-refractivity contribution in [2.24, 2.45) is 18.9 Å². The first kappa shape index (κ1) is 18.2. The fraction of sp³-hybridized carbons (Fsp3) is 0.778. The summed E-state index contributed by atoms with van der Waals surface area (Å²) in [5.74, 6) is 0.997. The standard InChI is InChI=1S/C18H31N5O2/c1-15(12-22-5-7-25-8-6-22)10-19-18(24)23-4-3-16(14-23)9-17-11-20-21(2)13-17/h11,13,15-16H,3-10,12,14H2,1-2H3,(H,19,24)/t15-,16+/m1/s1. The average molecular weight is 349 g/mol. The molecule has 0 unspecified atom stereocenters. The normalized spacial score (nSPS) is 23.0. The molecule has 0 radical (unpaired) electrons. The number of ether oxygens (including phenoxy) is 1. The fourth-order valence-corrected chi connectivity index (χ4v) is 3.76. The maximum absolute atomic E-state index is 12.4. The van der Waals surface area contributed by atoms with E-state index in [-0.39, 0.29) is 6.03 Å². The van der Waals surface area contributed by atoms with E-state index in [1.165, 1.54) is 5.56 Å². The van der Waals surface area contributed by atoms with Crippen molar-refractivity contribution in [3.8, 4) is 0 Å². The largest absolute Gasteiger partial charge is 0.379 e. The molecule has 0 bridgehead atoms. The van der Waals surface area contributed by atoms with Gasteiger partial charge in [0, 0.05) is 52.5 Å². The summed E-state index contributed by atoms with van der Waals surface area (Å²) in [6.07, 6.45) is 6.07. The smallest absolute Gasteiger partial charge is 0.317 e. The van der Waals surface area contributed by atoms with Gasteiger partial charge >= 0.3 is 6.03 Å². The Morgan fingerprint density at radius 3 is 2.92 bits per heavy atom. The Morgan fingerprint density at radius 1 is 1.40 bits per heavy atom. The number of rotatable bonds is 6. The molecule has 0 spiro atoms. The topological polar surface area (TPSA) is 62.6 Å². The Balaban J connectivity index is 1.35. The second-order valence-electron chi connectivity index (χ2n) is 7.53. The molecule has 2 aliphatic rings. The van der Waals surface area contributed by atoms with Gasteiger partial charge in [-0.25, -0.2) is 4.79 Å². The Bertz CT molecular complexity index is 555. The highest BCUT2D eigenvalue weighted by Gasteiger charge is 2.26. The van der Waals surface area contributed by atoms with Gasteiger partial charge in [-0.05, 0) is 30.2 Å². The molecule has 2 amide bonds. The van der Waals surface area contributed by atoms with Gasteiger partial charge in [0.15, 0.2) is 0 Å². The van der Waals surface area contributed by atoms with E-state index >= 15 is 0 Å². The maximum atomic E-state index is 12.4.